The first-order chi connectivity index (χ1) is 11.5. The number of nitrogens with two attached hydrogens (primary N) is 1. The molecule has 3 rings (SSSR count). The van der Waals surface area contributed by atoms with Crippen molar-refractivity contribution in [3.05, 3.63) is 34.6 Å². The van der Waals surface area contributed by atoms with Gasteiger partial charge in [-0.15, -0.1) is 5.10 Å². The maximum atomic E-state index is 12.6. The van der Waals surface area contributed by atoms with Crippen LogP contribution >= 0.6 is 0 Å². The van der Waals surface area contributed by atoms with E-state index in [4.69, 9.17) is 5.73 Å². The van der Waals surface area contributed by atoms with E-state index in [1.807, 2.05) is 6.92 Å². The van der Waals surface area contributed by atoms with Crippen molar-refractivity contribution in [2.24, 2.45) is 11.7 Å². The zero-order valence-electron chi connectivity index (χ0n) is 13.4. The van der Waals surface area contributed by atoms with Crippen LogP contribution in [0, 0.1) is 5.92 Å². The van der Waals surface area contributed by atoms with Crippen LogP contribution < -0.4 is 11.3 Å². The fraction of sp³-hybridized carbons (Fsp3) is 0.438. The van der Waals surface area contributed by atoms with Crippen LogP contribution in [-0.2, 0) is 16.1 Å². The first-order valence-electron chi connectivity index (χ1n) is 7.88. The highest BCUT2D eigenvalue weighted by molar-refractivity contribution is 5.81. The second kappa shape index (κ2) is 6.38. The van der Waals surface area contributed by atoms with Gasteiger partial charge in [-0.2, -0.15) is 0 Å². The quantitative estimate of drug-likeness (QED) is 0.845. The number of hydrogen-bond acceptors (Lipinski definition) is 5. The van der Waals surface area contributed by atoms with Crippen molar-refractivity contribution in [3.63, 3.8) is 0 Å². The summed E-state index contributed by atoms with van der Waals surface area (Å²) in [6, 6.07) is 6.85. The lowest BCUT2D eigenvalue weighted by Crippen LogP contribution is -2.50. The molecule has 0 radical (unpaired) electrons. The molecule has 0 unspecified atom stereocenters. The molecule has 1 aliphatic heterocycles. The Balaban J connectivity index is 1.83. The Morgan fingerprint density at radius 3 is 2.79 bits per heavy atom. The lowest BCUT2D eigenvalue weighted by Gasteiger charge is -2.36. The lowest BCUT2D eigenvalue weighted by molar-refractivity contribution is -0.138. The van der Waals surface area contributed by atoms with E-state index in [-0.39, 0.29) is 36.5 Å². The number of carbonyl (C=O) groups excluding carboxylic acids is 2. The Labute approximate surface area is 138 Å². The highest BCUT2D eigenvalue weighted by Gasteiger charge is 2.31. The highest BCUT2D eigenvalue weighted by Crippen LogP contribution is 2.21. The molecule has 0 bridgehead atoms. The van der Waals surface area contributed by atoms with Crippen molar-refractivity contribution < 1.29 is 9.59 Å². The van der Waals surface area contributed by atoms with Crippen LogP contribution in [0.3, 0.4) is 0 Å². The summed E-state index contributed by atoms with van der Waals surface area (Å²) in [7, 11) is 0. The summed E-state index contributed by atoms with van der Waals surface area (Å²) >= 11 is 0. The maximum Gasteiger partial charge on any atom is 0.278 e. The zero-order chi connectivity index (χ0) is 17.3. The van der Waals surface area contributed by atoms with Crippen LogP contribution in [0.4, 0.5) is 0 Å². The van der Waals surface area contributed by atoms with E-state index in [0.717, 1.165) is 4.68 Å². The molecular weight excluding hydrogens is 310 g/mol. The number of benzene rings is 1. The van der Waals surface area contributed by atoms with E-state index < -0.39 is 5.91 Å². The summed E-state index contributed by atoms with van der Waals surface area (Å²) in [6.07, 6.45) is 1.38. The highest BCUT2D eigenvalue weighted by atomic mass is 16.2. The molecular formula is C16H19N5O3. The topological polar surface area (TPSA) is 111 Å². The van der Waals surface area contributed by atoms with Gasteiger partial charge < -0.3 is 10.6 Å². The third-order valence-electron chi connectivity index (χ3n) is 4.52. The smallest absolute Gasteiger partial charge is 0.278 e. The van der Waals surface area contributed by atoms with Crippen molar-refractivity contribution >= 4 is 22.7 Å². The van der Waals surface area contributed by atoms with Crippen molar-refractivity contribution in [1.82, 2.24) is 19.9 Å². The van der Waals surface area contributed by atoms with Gasteiger partial charge in [0, 0.05) is 12.6 Å². The largest absolute Gasteiger partial charge is 0.369 e. The Kier molecular flexibility index (Phi) is 4.28. The van der Waals surface area contributed by atoms with Gasteiger partial charge in [-0.1, -0.05) is 17.3 Å². The number of carbonyl (C=O) groups is 2. The average Bonchev–Trinajstić information content (AvgIpc) is 2.57. The number of primary amides is 1. The normalized spacial score (nSPS) is 21.0. The number of nitrogens with zero attached hydrogens (tertiary/aromatic N) is 4. The molecule has 2 aromatic rings. The molecule has 8 nitrogen and oxygen atoms in total. The average molecular weight is 329 g/mol. The predicted octanol–water partition coefficient (Wildman–Crippen LogP) is -0.0961. The molecule has 2 atom stereocenters. The molecule has 0 saturated carbocycles. The van der Waals surface area contributed by atoms with Gasteiger partial charge in [0.15, 0.2) is 0 Å². The Morgan fingerprint density at radius 2 is 2.04 bits per heavy atom. The molecule has 126 valence electrons. The van der Waals surface area contributed by atoms with E-state index in [9.17, 15) is 14.4 Å². The second-order valence-corrected chi connectivity index (χ2v) is 6.14. The molecule has 1 saturated heterocycles. The molecule has 2 heterocycles. The first-order valence-corrected chi connectivity index (χ1v) is 7.88. The first kappa shape index (κ1) is 16.1. The fourth-order valence-electron chi connectivity index (χ4n) is 3.03. The summed E-state index contributed by atoms with van der Waals surface area (Å²) in [5.41, 5.74) is 5.50. The Hall–Kier alpha value is -2.77. The Bertz CT molecular complexity index is 847. The minimum Gasteiger partial charge on any atom is -0.369 e. The van der Waals surface area contributed by atoms with Crippen LogP contribution in [0.15, 0.2) is 29.1 Å². The van der Waals surface area contributed by atoms with Crippen molar-refractivity contribution in [2.75, 3.05) is 6.54 Å². The molecule has 0 aliphatic carbocycles. The zero-order valence-corrected chi connectivity index (χ0v) is 13.4. The van der Waals surface area contributed by atoms with E-state index in [1.54, 1.807) is 29.2 Å². The van der Waals surface area contributed by atoms with Gasteiger partial charge in [0.05, 0.1) is 11.3 Å². The third kappa shape index (κ3) is 2.99. The number of amides is 2. The summed E-state index contributed by atoms with van der Waals surface area (Å²) in [5, 5.41) is 8.22. The van der Waals surface area contributed by atoms with E-state index in [1.165, 1.54) is 0 Å². The minimum absolute atomic E-state index is 0.00258. The number of rotatable bonds is 3. The summed E-state index contributed by atoms with van der Waals surface area (Å²) in [5.74, 6) is -1.01. The third-order valence-corrected chi connectivity index (χ3v) is 4.52. The Morgan fingerprint density at radius 1 is 1.29 bits per heavy atom. The van der Waals surface area contributed by atoms with Gasteiger partial charge in [-0.05, 0) is 31.9 Å². The summed E-state index contributed by atoms with van der Waals surface area (Å²) < 4.78 is 1.06. The van der Waals surface area contributed by atoms with Crippen LogP contribution in [0.1, 0.15) is 19.8 Å². The van der Waals surface area contributed by atoms with Gasteiger partial charge in [-0.3, -0.25) is 14.4 Å². The fourth-order valence-corrected chi connectivity index (χ4v) is 3.03. The number of hydrogen-bond donors (Lipinski definition) is 1. The molecule has 24 heavy (non-hydrogen) atoms. The number of fused-ring (bicyclic) bond motifs is 1. The minimum atomic E-state index is -0.401. The number of likely N-dealkylation sites (tertiary alicyclic amines) is 1. The molecule has 0 spiro atoms. The van der Waals surface area contributed by atoms with Crippen LogP contribution in [0.25, 0.3) is 10.9 Å². The maximum absolute atomic E-state index is 12.6. The van der Waals surface area contributed by atoms with E-state index in [0.29, 0.717) is 23.7 Å². The predicted molar refractivity (Wildman–Crippen MR) is 86.9 cm³/mol. The molecule has 2 amide bonds. The van der Waals surface area contributed by atoms with Crippen LogP contribution in [0.2, 0.25) is 0 Å². The van der Waals surface area contributed by atoms with Gasteiger partial charge in [0.25, 0.3) is 5.56 Å². The summed E-state index contributed by atoms with van der Waals surface area (Å²) in [6.45, 7) is 2.00. The molecule has 1 fully saturated rings. The van der Waals surface area contributed by atoms with Gasteiger partial charge >= 0.3 is 0 Å². The van der Waals surface area contributed by atoms with E-state index in [2.05, 4.69) is 10.3 Å². The van der Waals surface area contributed by atoms with Crippen LogP contribution in [-0.4, -0.2) is 44.3 Å². The number of piperidine rings is 1. The summed E-state index contributed by atoms with van der Waals surface area (Å²) in [4.78, 5) is 38.0. The lowest BCUT2D eigenvalue weighted by atomic mass is 9.93. The van der Waals surface area contributed by atoms with Crippen molar-refractivity contribution in [2.45, 2.75) is 32.4 Å². The van der Waals surface area contributed by atoms with Crippen molar-refractivity contribution in [1.29, 1.82) is 0 Å². The molecule has 1 aromatic heterocycles. The molecule has 1 aromatic carbocycles. The van der Waals surface area contributed by atoms with Gasteiger partial charge in [-0.25, -0.2) is 4.68 Å². The molecule has 1 aliphatic rings. The SMILES string of the molecule is C[C@H]1CC[C@H](C(N)=O)CN1C(=O)Cn1nnc2ccccc2c1=O. The molecule has 8 heteroatoms. The monoisotopic (exact) mass is 329 g/mol. The second-order valence-electron chi connectivity index (χ2n) is 6.14. The van der Waals surface area contributed by atoms with E-state index >= 15 is 0 Å². The van der Waals surface area contributed by atoms with Gasteiger partial charge in [0.1, 0.15) is 12.1 Å². The van der Waals surface area contributed by atoms with Crippen LogP contribution in [0.5, 0.6) is 0 Å². The van der Waals surface area contributed by atoms with Crippen molar-refractivity contribution in [3.8, 4) is 0 Å². The number of aromatic nitrogens is 3. The van der Waals surface area contributed by atoms with Gasteiger partial charge in [0.2, 0.25) is 11.8 Å². The molecule has 2 N–H and O–H groups in total. The standard InChI is InChI=1S/C16H19N5O3/c1-10-6-7-11(15(17)23)8-20(10)14(22)9-21-16(24)12-4-2-3-5-13(12)18-19-21/h2-5,10-11H,6-9H2,1H3,(H2,17,23)/t10-,11-/m0/s1.